The van der Waals surface area contributed by atoms with E-state index in [0.717, 1.165) is 77.0 Å². The van der Waals surface area contributed by atoms with Gasteiger partial charge in [0.1, 0.15) is 13.2 Å². The molecule has 0 aromatic heterocycles. The van der Waals surface area contributed by atoms with E-state index < -0.39 is 6.10 Å². The lowest BCUT2D eigenvalue weighted by Gasteiger charge is -2.18. The molecule has 0 aromatic rings. The van der Waals surface area contributed by atoms with Crippen molar-refractivity contribution < 1.29 is 28.6 Å². The van der Waals surface area contributed by atoms with Gasteiger partial charge in [-0.25, -0.2) is 0 Å². The SMILES string of the molecule is CC/C=C/C/C=C/C/C=C/CCCCCCCCC(=O)OCC(COC(=O)CC/C=C/C/C=C/CCCCCCCC)OC(=O)CCCCCCCCCCCCCCCC. The van der Waals surface area contributed by atoms with Crippen LogP contribution >= 0.6 is 0 Å². The van der Waals surface area contributed by atoms with Gasteiger partial charge in [0, 0.05) is 19.3 Å². The number of carbonyl (C=O) groups is 3. The molecule has 61 heavy (non-hydrogen) atoms. The fourth-order valence-electron chi connectivity index (χ4n) is 7.16. The number of hydrogen-bond acceptors (Lipinski definition) is 6. The maximum Gasteiger partial charge on any atom is 0.306 e. The average Bonchev–Trinajstić information content (AvgIpc) is 3.26. The summed E-state index contributed by atoms with van der Waals surface area (Å²) >= 11 is 0. The van der Waals surface area contributed by atoms with E-state index >= 15 is 0 Å². The molecule has 0 saturated heterocycles. The number of allylic oxidation sites excluding steroid dienone is 10. The number of rotatable bonds is 46. The van der Waals surface area contributed by atoms with Crippen molar-refractivity contribution in [3.05, 3.63) is 60.8 Å². The molecule has 6 nitrogen and oxygen atoms in total. The molecule has 0 bridgehead atoms. The Labute approximate surface area is 377 Å². The van der Waals surface area contributed by atoms with Crippen molar-refractivity contribution in [3.8, 4) is 0 Å². The van der Waals surface area contributed by atoms with Gasteiger partial charge in [-0.3, -0.25) is 14.4 Å². The lowest BCUT2D eigenvalue weighted by Crippen LogP contribution is -2.30. The van der Waals surface area contributed by atoms with Gasteiger partial charge in [-0.05, 0) is 70.6 Å². The molecule has 0 rings (SSSR count). The second kappa shape index (κ2) is 49.8. The van der Waals surface area contributed by atoms with Gasteiger partial charge in [0.05, 0.1) is 0 Å². The van der Waals surface area contributed by atoms with Crippen LogP contribution in [0.15, 0.2) is 60.8 Å². The summed E-state index contributed by atoms with van der Waals surface area (Å²) in [4.78, 5) is 37.9. The summed E-state index contributed by atoms with van der Waals surface area (Å²) in [5.41, 5.74) is 0. The van der Waals surface area contributed by atoms with Crippen LogP contribution < -0.4 is 0 Å². The molecule has 0 amide bonds. The molecule has 0 heterocycles. The summed E-state index contributed by atoms with van der Waals surface area (Å²) in [6, 6.07) is 0. The Morgan fingerprint density at radius 2 is 0.672 bits per heavy atom. The predicted octanol–water partition coefficient (Wildman–Crippen LogP) is 16.9. The minimum Gasteiger partial charge on any atom is -0.462 e. The molecule has 0 aromatic carbocycles. The maximum absolute atomic E-state index is 12.8. The van der Waals surface area contributed by atoms with Gasteiger partial charge in [0.15, 0.2) is 6.10 Å². The van der Waals surface area contributed by atoms with Gasteiger partial charge in [-0.1, -0.05) is 223 Å². The Balaban J connectivity index is 4.44. The van der Waals surface area contributed by atoms with E-state index in [1.165, 1.54) is 128 Å². The molecule has 0 fully saturated rings. The van der Waals surface area contributed by atoms with Gasteiger partial charge < -0.3 is 14.2 Å². The molecular weight excluding hydrogens is 757 g/mol. The first-order chi connectivity index (χ1) is 30.0. The minimum absolute atomic E-state index is 0.0964. The highest BCUT2D eigenvalue weighted by Gasteiger charge is 2.19. The first-order valence-corrected chi connectivity index (χ1v) is 25.8. The van der Waals surface area contributed by atoms with Crippen molar-refractivity contribution in [1.29, 1.82) is 0 Å². The zero-order valence-electron chi connectivity index (χ0n) is 40.2. The Bertz CT molecular complexity index is 1120. The molecule has 0 radical (unpaired) electrons. The zero-order valence-corrected chi connectivity index (χ0v) is 40.2. The summed E-state index contributed by atoms with van der Waals surface area (Å²) in [5.74, 6) is -0.973. The number of unbranched alkanes of at least 4 members (excludes halogenated alkanes) is 25. The van der Waals surface area contributed by atoms with Gasteiger partial charge in [0.25, 0.3) is 0 Å². The summed E-state index contributed by atoms with van der Waals surface area (Å²) in [5, 5.41) is 0. The van der Waals surface area contributed by atoms with E-state index in [1.807, 2.05) is 6.08 Å². The van der Waals surface area contributed by atoms with Crippen molar-refractivity contribution >= 4 is 17.9 Å². The number of hydrogen-bond donors (Lipinski definition) is 0. The highest BCUT2D eigenvalue weighted by Crippen LogP contribution is 2.15. The van der Waals surface area contributed by atoms with E-state index in [9.17, 15) is 14.4 Å². The molecular formula is C55H96O6. The monoisotopic (exact) mass is 853 g/mol. The Morgan fingerprint density at radius 1 is 0.344 bits per heavy atom. The van der Waals surface area contributed by atoms with Crippen LogP contribution in [-0.4, -0.2) is 37.2 Å². The second-order valence-electron chi connectivity index (χ2n) is 17.1. The quantitative estimate of drug-likeness (QED) is 0.0263. The third kappa shape index (κ3) is 48.0. The number of carbonyl (C=O) groups excluding carboxylic acids is 3. The first kappa shape index (κ1) is 58.1. The van der Waals surface area contributed by atoms with Crippen LogP contribution in [0, 0.1) is 0 Å². The zero-order chi connectivity index (χ0) is 44.4. The van der Waals surface area contributed by atoms with E-state index in [4.69, 9.17) is 14.2 Å². The Hall–Kier alpha value is -2.89. The molecule has 352 valence electrons. The maximum atomic E-state index is 12.8. The van der Waals surface area contributed by atoms with Gasteiger partial charge in [0.2, 0.25) is 0 Å². The highest BCUT2D eigenvalue weighted by atomic mass is 16.6. The average molecular weight is 853 g/mol. The molecule has 0 aliphatic carbocycles. The Kier molecular flexibility index (Phi) is 47.4. The molecule has 1 unspecified atom stereocenters. The molecule has 0 spiro atoms. The van der Waals surface area contributed by atoms with Crippen LogP contribution in [-0.2, 0) is 28.6 Å². The molecule has 6 heteroatoms. The lowest BCUT2D eigenvalue weighted by molar-refractivity contribution is -0.166. The topological polar surface area (TPSA) is 78.9 Å². The van der Waals surface area contributed by atoms with Crippen LogP contribution in [0.25, 0.3) is 0 Å². The minimum atomic E-state index is -0.799. The van der Waals surface area contributed by atoms with Gasteiger partial charge >= 0.3 is 17.9 Å². The predicted molar refractivity (Wildman–Crippen MR) is 261 cm³/mol. The molecule has 0 saturated carbocycles. The largest absolute Gasteiger partial charge is 0.462 e. The number of esters is 3. The van der Waals surface area contributed by atoms with E-state index in [2.05, 4.69) is 75.5 Å². The van der Waals surface area contributed by atoms with Crippen molar-refractivity contribution in [1.82, 2.24) is 0 Å². The summed E-state index contributed by atoms with van der Waals surface area (Å²) < 4.78 is 16.7. The van der Waals surface area contributed by atoms with Gasteiger partial charge in [-0.15, -0.1) is 0 Å². The molecule has 0 aliphatic heterocycles. The fraction of sp³-hybridized carbons (Fsp3) is 0.764. The molecule has 0 aliphatic rings. The van der Waals surface area contributed by atoms with Crippen LogP contribution in [0.3, 0.4) is 0 Å². The first-order valence-electron chi connectivity index (χ1n) is 25.8. The normalized spacial score (nSPS) is 12.5. The summed E-state index contributed by atoms with van der Waals surface area (Å²) in [6.45, 7) is 6.46. The summed E-state index contributed by atoms with van der Waals surface area (Å²) in [7, 11) is 0. The van der Waals surface area contributed by atoms with Crippen LogP contribution in [0.4, 0.5) is 0 Å². The van der Waals surface area contributed by atoms with E-state index in [1.54, 1.807) is 0 Å². The van der Waals surface area contributed by atoms with Crippen molar-refractivity contribution in [2.45, 2.75) is 258 Å². The van der Waals surface area contributed by atoms with Crippen LogP contribution in [0.2, 0.25) is 0 Å². The Morgan fingerprint density at radius 3 is 1.10 bits per heavy atom. The molecule has 0 N–H and O–H groups in total. The smallest absolute Gasteiger partial charge is 0.306 e. The van der Waals surface area contributed by atoms with E-state index in [-0.39, 0.29) is 37.5 Å². The van der Waals surface area contributed by atoms with Crippen LogP contribution in [0.5, 0.6) is 0 Å². The third-order valence-corrected chi connectivity index (χ3v) is 11.0. The van der Waals surface area contributed by atoms with Crippen molar-refractivity contribution in [2.75, 3.05) is 13.2 Å². The highest BCUT2D eigenvalue weighted by molar-refractivity contribution is 5.71. The fourth-order valence-corrected chi connectivity index (χ4v) is 7.16. The van der Waals surface area contributed by atoms with Crippen molar-refractivity contribution in [2.24, 2.45) is 0 Å². The second-order valence-corrected chi connectivity index (χ2v) is 17.1. The standard InChI is InChI=1S/C55H96O6/c1-4-7-10-13-16-19-22-25-27-28-31-33-36-39-42-45-48-54(57)60-51-52(50-59-53(56)47-44-41-38-35-32-29-24-21-18-15-12-9-6-3)61-55(58)49-46-43-40-37-34-30-26-23-20-17-14-11-8-5-2/h7,10,16,19,25,27,29,32,38,41,52H,4-6,8-9,11-15,17-18,20-24,26,28,30-31,33-37,39-40,42-51H2,1-3H3/b10-7+,19-16+,27-25+,32-29+,41-38+. The number of ether oxygens (including phenoxy) is 3. The lowest BCUT2D eigenvalue weighted by atomic mass is 10.0. The van der Waals surface area contributed by atoms with Crippen molar-refractivity contribution in [3.63, 3.8) is 0 Å². The summed E-state index contributed by atoms with van der Waals surface area (Å²) in [6.07, 6.45) is 60.7. The molecule has 1 atom stereocenters. The van der Waals surface area contributed by atoms with Crippen LogP contribution in [0.1, 0.15) is 252 Å². The van der Waals surface area contributed by atoms with Gasteiger partial charge in [-0.2, -0.15) is 0 Å². The third-order valence-electron chi connectivity index (χ3n) is 11.0. The van der Waals surface area contributed by atoms with E-state index in [0.29, 0.717) is 19.3 Å².